The SMILES string of the molecule is CCC1CC2CCCC(c3cc(C)cc(C)c3)C2C1. The van der Waals surface area contributed by atoms with Crippen LogP contribution in [0.15, 0.2) is 18.2 Å². The summed E-state index contributed by atoms with van der Waals surface area (Å²) in [5.74, 6) is 3.89. The molecule has 0 nitrogen and oxygen atoms in total. The van der Waals surface area contributed by atoms with Crippen LogP contribution in [0.4, 0.5) is 0 Å². The summed E-state index contributed by atoms with van der Waals surface area (Å²) in [6, 6.07) is 7.23. The minimum Gasteiger partial charge on any atom is -0.0651 e. The maximum Gasteiger partial charge on any atom is -0.0131 e. The molecule has 2 aliphatic carbocycles. The third-order valence-corrected chi connectivity index (χ3v) is 5.70. The fourth-order valence-electron chi connectivity index (χ4n) is 4.89. The van der Waals surface area contributed by atoms with Crippen molar-refractivity contribution >= 4 is 0 Å². The van der Waals surface area contributed by atoms with E-state index in [1.54, 1.807) is 5.56 Å². The van der Waals surface area contributed by atoms with Crippen molar-refractivity contribution in [2.24, 2.45) is 17.8 Å². The molecule has 104 valence electrons. The van der Waals surface area contributed by atoms with Gasteiger partial charge < -0.3 is 0 Å². The summed E-state index contributed by atoms with van der Waals surface area (Å²) in [6.07, 6.45) is 8.80. The largest absolute Gasteiger partial charge is 0.0651 e. The molecule has 0 heterocycles. The van der Waals surface area contributed by atoms with Gasteiger partial charge in [0.1, 0.15) is 0 Å². The van der Waals surface area contributed by atoms with E-state index in [1.165, 1.54) is 49.7 Å². The lowest BCUT2D eigenvalue weighted by Gasteiger charge is -2.34. The van der Waals surface area contributed by atoms with Gasteiger partial charge in [-0.25, -0.2) is 0 Å². The molecule has 1 aromatic carbocycles. The zero-order valence-electron chi connectivity index (χ0n) is 12.8. The molecule has 4 atom stereocenters. The van der Waals surface area contributed by atoms with Crippen LogP contribution in [0, 0.1) is 31.6 Å². The fraction of sp³-hybridized carbons (Fsp3) is 0.684. The van der Waals surface area contributed by atoms with Gasteiger partial charge in [-0.3, -0.25) is 0 Å². The summed E-state index contributed by atoms with van der Waals surface area (Å²) < 4.78 is 0. The topological polar surface area (TPSA) is 0 Å². The Bertz CT molecular complexity index is 425. The van der Waals surface area contributed by atoms with Gasteiger partial charge in [-0.05, 0) is 62.3 Å². The maximum atomic E-state index is 2.46. The van der Waals surface area contributed by atoms with Crippen LogP contribution in [-0.4, -0.2) is 0 Å². The van der Waals surface area contributed by atoms with Gasteiger partial charge in [0, 0.05) is 0 Å². The first-order valence-corrected chi connectivity index (χ1v) is 8.25. The molecule has 0 aromatic heterocycles. The van der Waals surface area contributed by atoms with Crippen molar-refractivity contribution in [3.8, 4) is 0 Å². The second kappa shape index (κ2) is 5.31. The molecule has 4 unspecified atom stereocenters. The van der Waals surface area contributed by atoms with Gasteiger partial charge in [0.25, 0.3) is 0 Å². The van der Waals surface area contributed by atoms with Crippen LogP contribution in [0.1, 0.15) is 68.1 Å². The normalized spacial score (nSPS) is 34.3. The zero-order valence-corrected chi connectivity index (χ0v) is 12.8. The molecule has 2 saturated carbocycles. The van der Waals surface area contributed by atoms with Crippen molar-refractivity contribution in [3.05, 3.63) is 34.9 Å². The Balaban J connectivity index is 1.87. The van der Waals surface area contributed by atoms with E-state index in [1.807, 2.05) is 0 Å². The number of rotatable bonds is 2. The average Bonchev–Trinajstić information content (AvgIpc) is 2.80. The Hall–Kier alpha value is -0.780. The van der Waals surface area contributed by atoms with Gasteiger partial charge in [0.05, 0.1) is 0 Å². The van der Waals surface area contributed by atoms with Crippen molar-refractivity contribution in [1.82, 2.24) is 0 Å². The molecule has 3 rings (SSSR count). The fourth-order valence-corrected chi connectivity index (χ4v) is 4.89. The first-order valence-electron chi connectivity index (χ1n) is 8.25. The number of benzene rings is 1. The van der Waals surface area contributed by atoms with E-state index in [0.29, 0.717) is 0 Å². The Morgan fingerprint density at radius 3 is 2.42 bits per heavy atom. The van der Waals surface area contributed by atoms with Gasteiger partial charge in [0.2, 0.25) is 0 Å². The second-order valence-electron chi connectivity index (χ2n) is 7.13. The standard InChI is InChI=1S/C19H28/c1-4-15-11-16-6-5-7-18(19(16)12-15)17-9-13(2)8-14(3)10-17/h8-10,15-16,18-19H,4-7,11-12H2,1-3H3. The molecule has 19 heavy (non-hydrogen) atoms. The van der Waals surface area contributed by atoms with Crippen LogP contribution in [0.3, 0.4) is 0 Å². The lowest BCUT2D eigenvalue weighted by Crippen LogP contribution is -2.22. The first-order chi connectivity index (χ1) is 9.17. The third-order valence-electron chi connectivity index (χ3n) is 5.70. The van der Waals surface area contributed by atoms with Gasteiger partial charge in [0.15, 0.2) is 0 Å². The number of hydrogen-bond donors (Lipinski definition) is 0. The van der Waals surface area contributed by atoms with E-state index in [4.69, 9.17) is 0 Å². The summed E-state index contributed by atoms with van der Waals surface area (Å²) >= 11 is 0. The average molecular weight is 256 g/mol. The summed E-state index contributed by atoms with van der Waals surface area (Å²) in [5, 5.41) is 0. The molecule has 0 radical (unpaired) electrons. The molecule has 0 amide bonds. The van der Waals surface area contributed by atoms with Crippen molar-refractivity contribution in [2.75, 3.05) is 0 Å². The van der Waals surface area contributed by atoms with E-state index in [9.17, 15) is 0 Å². The van der Waals surface area contributed by atoms with Crippen molar-refractivity contribution in [3.63, 3.8) is 0 Å². The number of hydrogen-bond acceptors (Lipinski definition) is 0. The second-order valence-corrected chi connectivity index (χ2v) is 7.13. The highest BCUT2D eigenvalue weighted by atomic mass is 14.5. The number of aryl methyl sites for hydroxylation is 2. The molecular formula is C19H28. The molecule has 0 aliphatic heterocycles. The molecule has 1 aromatic rings. The predicted molar refractivity (Wildman–Crippen MR) is 82.5 cm³/mol. The minimum absolute atomic E-state index is 0.855. The summed E-state index contributed by atoms with van der Waals surface area (Å²) in [7, 11) is 0. The van der Waals surface area contributed by atoms with Crippen LogP contribution in [0.2, 0.25) is 0 Å². The molecule has 0 saturated heterocycles. The van der Waals surface area contributed by atoms with Crippen molar-refractivity contribution in [1.29, 1.82) is 0 Å². The predicted octanol–water partition coefficient (Wildman–Crippen LogP) is 5.62. The van der Waals surface area contributed by atoms with Crippen LogP contribution in [-0.2, 0) is 0 Å². The Kier molecular flexibility index (Phi) is 3.69. The van der Waals surface area contributed by atoms with Gasteiger partial charge >= 0.3 is 0 Å². The zero-order chi connectivity index (χ0) is 13.4. The molecule has 2 aliphatic rings. The third kappa shape index (κ3) is 2.59. The van der Waals surface area contributed by atoms with E-state index < -0.39 is 0 Å². The molecule has 2 fully saturated rings. The quantitative estimate of drug-likeness (QED) is 0.644. The molecule has 0 heteroatoms. The molecule has 0 bridgehead atoms. The van der Waals surface area contributed by atoms with Crippen LogP contribution >= 0.6 is 0 Å². The highest BCUT2D eigenvalue weighted by Gasteiger charge is 2.40. The van der Waals surface area contributed by atoms with Crippen LogP contribution in [0.25, 0.3) is 0 Å². The van der Waals surface area contributed by atoms with Crippen molar-refractivity contribution < 1.29 is 0 Å². The summed E-state index contributed by atoms with van der Waals surface area (Å²) in [4.78, 5) is 0. The van der Waals surface area contributed by atoms with Crippen LogP contribution < -0.4 is 0 Å². The summed E-state index contributed by atoms with van der Waals surface area (Å²) in [6.45, 7) is 6.88. The van der Waals surface area contributed by atoms with E-state index in [0.717, 1.165) is 23.7 Å². The summed E-state index contributed by atoms with van der Waals surface area (Å²) in [5.41, 5.74) is 4.54. The Labute approximate surface area is 118 Å². The van der Waals surface area contributed by atoms with Gasteiger partial charge in [-0.1, -0.05) is 55.5 Å². The van der Waals surface area contributed by atoms with Gasteiger partial charge in [-0.2, -0.15) is 0 Å². The lowest BCUT2D eigenvalue weighted by molar-refractivity contribution is 0.238. The van der Waals surface area contributed by atoms with E-state index in [2.05, 4.69) is 39.0 Å². The number of fused-ring (bicyclic) bond motifs is 1. The first kappa shape index (κ1) is 13.2. The molecular weight excluding hydrogens is 228 g/mol. The van der Waals surface area contributed by atoms with Gasteiger partial charge in [-0.15, -0.1) is 0 Å². The minimum atomic E-state index is 0.855. The lowest BCUT2D eigenvalue weighted by atomic mass is 9.70. The molecule has 0 N–H and O–H groups in total. The monoisotopic (exact) mass is 256 g/mol. The van der Waals surface area contributed by atoms with Crippen molar-refractivity contribution in [2.45, 2.75) is 65.2 Å². The Morgan fingerprint density at radius 1 is 1.00 bits per heavy atom. The smallest absolute Gasteiger partial charge is 0.0131 e. The van der Waals surface area contributed by atoms with Crippen LogP contribution in [0.5, 0.6) is 0 Å². The highest BCUT2D eigenvalue weighted by molar-refractivity contribution is 5.32. The molecule has 0 spiro atoms. The maximum absolute atomic E-state index is 2.46. The highest BCUT2D eigenvalue weighted by Crippen LogP contribution is 2.52. The Morgan fingerprint density at radius 2 is 1.74 bits per heavy atom. The van der Waals surface area contributed by atoms with E-state index in [-0.39, 0.29) is 0 Å². The van der Waals surface area contributed by atoms with E-state index >= 15 is 0 Å².